The first-order valence-corrected chi connectivity index (χ1v) is 23.9. The molecular formula is C48H61Cl2N11O12. The molecule has 8 rings (SSSR count). The molecule has 17 N–H and O–H groups in total. The molecular weight excluding hydrogens is 993 g/mol. The zero-order chi connectivity index (χ0) is 53.1. The third-order valence-corrected chi connectivity index (χ3v) is 13.1. The lowest BCUT2D eigenvalue weighted by molar-refractivity contribution is -0.314. The van der Waals surface area contributed by atoms with Crippen LogP contribution in [0.15, 0.2) is 99.9 Å². The van der Waals surface area contributed by atoms with Gasteiger partial charge in [0.05, 0.1) is 52.2 Å². The Morgan fingerprint density at radius 2 is 1.47 bits per heavy atom. The van der Waals surface area contributed by atoms with Gasteiger partial charge in [0.25, 0.3) is 0 Å². The summed E-state index contributed by atoms with van der Waals surface area (Å²) in [5.74, 6) is -1.03. The molecule has 3 aliphatic heterocycles. The smallest absolute Gasteiger partial charge is 0.188 e. The van der Waals surface area contributed by atoms with Gasteiger partial charge in [-0.15, -0.1) is 0 Å². The summed E-state index contributed by atoms with van der Waals surface area (Å²) in [7, 11) is 1.42. The topological polar surface area (TPSA) is 379 Å². The van der Waals surface area contributed by atoms with E-state index in [0.717, 1.165) is 44.8 Å². The van der Waals surface area contributed by atoms with E-state index in [1.54, 1.807) is 0 Å². The van der Waals surface area contributed by atoms with Crippen molar-refractivity contribution in [3.05, 3.63) is 100 Å². The van der Waals surface area contributed by atoms with Crippen molar-refractivity contribution in [1.29, 1.82) is 0 Å². The van der Waals surface area contributed by atoms with Gasteiger partial charge in [0, 0.05) is 27.5 Å². The van der Waals surface area contributed by atoms with Crippen molar-refractivity contribution < 1.29 is 59.5 Å². The third-order valence-electron chi connectivity index (χ3n) is 12.6. The number of aliphatic hydroxyl groups excluding tert-OH is 6. The molecule has 0 bridgehead atoms. The van der Waals surface area contributed by atoms with Crippen LogP contribution in [-0.2, 0) is 23.7 Å². The summed E-state index contributed by atoms with van der Waals surface area (Å²) in [5, 5.41) is 82.4. The molecule has 5 aliphatic rings. The van der Waals surface area contributed by atoms with Crippen LogP contribution in [0.5, 0.6) is 0 Å². The van der Waals surface area contributed by atoms with Crippen LogP contribution in [0.2, 0.25) is 10.0 Å². The van der Waals surface area contributed by atoms with Gasteiger partial charge >= 0.3 is 0 Å². The predicted molar refractivity (Wildman–Crippen MR) is 271 cm³/mol. The molecule has 25 heteroatoms. The van der Waals surface area contributed by atoms with Crippen LogP contribution in [0.25, 0.3) is 28.1 Å². The van der Waals surface area contributed by atoms with Gasteiger partial charge in [0.1, 0.15) is 60.9 Å². The van der Waals surface area contributed by atoms with Crippen LogP contribution >= 0.6 is 23.2 Å². The molecule has 23 nitrogen and oxygen atoms in total. The Bertz CT molecular complexity index is 2790. The first kappa shape index (κ1) is 55.1. The lowest BCUT2D eigenvalue weighted by atomic mass is 9.81. The van der Waals surface area contributed by atoms with Crippen molar-refractivity contribution in [2.45, 2.75) is 118 Å². The van der Waals surface area contributed by atoms with Crippen LogP contribution in [0, 0.1) is 0 Å². The molecule has 0 amide bonds. The molecule has 0 unspecified atom stereocenters. The maximum atomic E-state index is 12.1. The molecule has 394 valence electrons. The first-order valence-electron chi connectivity index (χ1n) is 23.1. The first-order chi connectivity index (χ1) is 34.7. The van der Waals surface area contributed by atoms with Gasteiger partial charge in [0.2, 0.25) is 0 Å². The van der Waals surface area contributed by atoms with E-state index in [9.17, 15) is 40.5 Å². The number of anilines is 2. The number of guanidine groups is 2. The molecule has 1 saturated carbocycles. The average molecular weight is 1050 g/mol. The number of ether oxygens (including phenoxy) is 4. The zero-order valence-electron chi connectivity index (χ0n) is 40.0. The van der Waals surface area contributed by atoms with Crippen molar-refractivity contribution in [2.24, 2.45) is 37.9 Å². The number of aromatic nitrogens is 2. The number of aliphatic hydroxyl groups is 7. The van der Waals surface area contributed by atoms with Crippen molar-refractivity contribution >= 4 is 63.8 Å². The highest BCUT2D eigenvalue weighted by molar-refractivity contribution is 6.30. The summed E-state index contributed by atoms with van der Waals surface area (Å²) in [6.45, 7) is 4.76. The number of hydrogen-bond donors (Lipinski definition) is 13. The van der Waals surface area contributed by atoms with Gasteiger partial charge in [-0.25, -0.2) is 15.0 Å². The summed E-state index contributed by atoms with van der Waals surface area (Å²) in [4.78, 5) is 29.6. The highest BCUT2D eigenvalue weighted by atomic mass is 35.5. The van der Waals surface area contributed by atoms with Crippen molar-refractivity contribution in [3.8, 4) is 17.1 Å². The SMILES string of the molecule is CC(C)N=c1cc2n(-c3ccc(Cl)cc3)c3ccccc3nc-2cc1Nc1ccc(Cl)cc1.CN[C@@H]1[C@H](O[C@H]2[C@H](O[C@H]3[C@H](O)[C@@H](O)[C@H](N=C(N)N)[C@@H](O)[C@@H]3N=C(N)N)O[C@@H](C)[C@]2(O)C=O)O[C@@H](CO)[C@H](O)[C@H]1O. The molecule has 3 heterocycles. The lowest BCUT2D eigenvalue weighted by Crippen LogP contribution is -2.66. The van der Waals surface area contributed by atoms with Crippen LogP contribution in [-0.4, -0.2) is 174 Å². The van der Waals surface area contributed by atoms with Crippen molar-refractivity contribution in [1.82, 2.24) is 14.9 Å². The number of para-hydroxylation sites is 2. The minimum atomic E-state index is -2.38. The largest absolute Gasteiger partial charge is 0.394 e. The molecule has 3 aromatic carbocycles. The number of rotatable bonds is 13. The van der Waals surface area contributed by atoms with Gasteiger partial charge in [-0.2, -0.15) is 0 Å². The second-order valence-corrected chi connectivity index (χ2v) is 18.9. The summed E-state index contributed by atoms with van der Waals surface area (Å²) in [6, 6.07) is 23.8. The molecule has 3 fully saturated rings. The Balaban J connectivity index is 0.000000217. The Labute approximate surface area is 429 Å². The fourth-order valence-electron chi connectivity index (χ4n) is 8.96. The molecule has 0 radical (unpaired) electrons. The van der Waals surface area contributed by atoms with Gasteiger partial charge in [0.15, 0.2) is 36.4 Å². The number of aliphatic imine (C=N–C) groups is 2. The Morgan fingerprint density at radius 3 is 2.07 bits per heavy atom. The number of aldehydes is 1. The highest BCUT2D eigenvalue weighted by Gasteiger charge is 2.61. The predicted octanol–water partition coefficient (Wildman–Crippen LogP) is -0.671. The summed E-state index contributed by atoms with van der Waals surface area (Å²) in [5.41, 5.74) is 26.0. The second kappa shape index (κ2) is 23.3. The molecule has 73 heavy (non-hydrogen) atoms. The van der Waals surface area contributed by atoms with Crippen LogP contribution in [0.4, 0.5) is 11.4 Å². The van der Waals surface area contributed by atoms with E-state index in [-0.39, 0.29) is 12.3 Å². The fourth-order valence-corrected chi connectivity index (χ4v) is 9.22. The van der Waals surface area contributed by atoms with E-state index in [1.807, 2.05) is 66.7 Å². The van der Waals surface area contributed by atoms with E-state index in [2.05, 4.69) is 57.2 Å². The summed E-state index contributed by atoms with van der Waals surface area (Å²) >= 11 is 12.2. The van der Waals surface area contributed by atoms with Gasteiger partial charge in [-0.3, -0.25) is 9.79 Å². The average Bonchev–Trinajstić information content (AvgIpc) is 3.59. The Hall–Kier alpha value is -5.61. The normalized spacial score (nSPS) is 31.5. The number of nitrogens with zero attached hydrogens (tertiary/aromatic N) is 5. The van der Waals surface area contributed by atoms with E-state index < -0.39 is 110 Å². The molecule has 3 aromatic rings. The Morgan fingerprint density at radius 1 is 0.836 bits per heavy atom. The third kappa shape index (κ3) is 11.9. The Kier molecular flexibility index (Phi) is 17.6. The number of nitrogens with two attached hydrogens (primary N) is 4. The standard InChI is InChI=1S/C27H22Cl2N4.C21H39N7O12/c1-17(2)30-24-16-27-25(15-23(24)31-20-11-7-18(28)8-12-20)32-22-5-3-4-6-26(22)33(27)21-13-9-19(29)10-14-21;1-5-21(36,4-30)16(40-17-9(26-2)13(34)10(31)6(3-29)38-17)18(37-5)39-15-8(28-20(24)25)11(32)7(27-19(22)23)12(33)14(15)35/h3-17,31H,1-2H3;4-18,26,29,31-36H,3H2,1-2H3,(H4,22,23,27)(H4,24,25,28)/t;5-,6-,7+,8-,9-,10-,11+,12-,13-,14+,15+,16-,17-,18-,21+/m.0/s1. The molecule has 2 aliphatic carbocycles. The fraction of sp³-hybridized carbons (Fsp3) is 0.438. The number of carbonyl (C=O) groups excluding carboxylic acids is 1. The number of likely N-dealkylation sites (N-methyl/N-ethyl adjacent to an activating group) is 1. The van der Waals surface area contributed by atoms with E-state index in [0.29, 0.717) is 10.0 Å². The van der Waals surface area contributed by atoms with E-state index >= 15 is 0 Å². The van der Waals surface area contributed by atoms with Gasteiger partial charge in [-0.05, 0) is 101 Å². The minimum absolute atomic E-state index is 0.130. The number of halogens is 2. The maximum absolute atomic E-state index is 12.1. The van der Waals surface area contributed by atoms with Crippen LogP contribution in [0.3, 0.4) is 0 Å². The van der Waals surface area contributed by atoms with Crippen molar-refractivity contribution in [3.63, 3.8) is 0 Å². The molecule has 0 spiro atoms. The summed E-state index contributed by atoms with van der Waals surface area (Å²) in [6.07, 6.45) is -17.3. The highest BCUT2D eigenvalue weighted by Crippen LogP contribution is 2.39. The minimum Gasteiger partial charge on any atom is -0.394 e. The van der Waals surface area contributed by atoms with Gasteiger partial charge < -0.3 is 92.8 Å². The lowest BCUT2D eigenvalue weighted by Gasteiger charge is -2.45. The number of nitrogens with one attached hydrogen (secondary N) is 2. The van der Waals surface area contributed by atoms with Crippen molar-refractivity contribution in [2.75, 3.05) is 19.0 Å². The van der Waals surface area contributed by atoms with Crippen LogP contribution in [0.1, 0.15) is 20.8 Å². The second-order valence-electron chi connectivity index (χ2n) is 18.0. The van der Waals surface area contributed by atoms with E-state index in [1.165, 1.54) is 14.0 Å². The maximum Gasteiger partial charge on any atom is 0.188 e. The monoisotopic (exact) mass is 1050 g/mol. The summed E-state index contributed by atoms with van der Waals surface area (Å²) < 4.78 is 25.2. The number of benzene rings is 4. The molecule has 15 atom stereocenters. The van der Waals surface area contributed by atoms with E-state index in [4.69, 9.17) is 75.1 Å². The van der Waals surface area contributed by atoms with Crippen LogP contribution < -0.4 is 38.9 Å². The number of carbonyl (C=O) groups is 1. The quantitative estimate of drug-likeness (QED) is 0.0301. The van der Waals surface area contributed by atoms with Gasteiger partial charge in [-0.1, -0.05) is 35.3 Å². The zero-order valence-corrected chi connectivity index (χ0v) is 41.5. The number of fused-ring (bicyclic) bond motifs is 2. The molecule has 2 saturated heterocycles. The number of hydrogen-bond acceptors (Lipinski definition) is 18. The molecule has 0 aromatic heterocycles.